The first kappa shape index (κ1) is 14.0. The molecule has 1 heterocycles. The van der Waals surface area contributed by atoms with Gasteiger partial charge in [-0.1, -0.05) is 34.1 Å². The van der Waals surface area contributed by atoms with Gasteiger partial charge < -0.3 is 4.57 Å². The second kappa shape index (κ2) is 6.12. The molecule has 1 aromatic carbocycles. The number of Topliss-reactive ketones (excluding diaryl/α,β-unsaturated/α-hetero) is 1. The average Bonchev–Trinajstić information content (AvgIpc) is 2.75. The Morgan fingerprint density at radius 2 is 2.16 bits per heavy atom. The number of nitrogens with zero attached hydrogens (tertiary/aromatic N) is 3. The summed E-state index contributed by atoms with van der Waals surface area (Å²) in [6.07, 6.45) is 3.66. The molecule has 0 radical (unpaired) electrons. The lowest BCUT2D eigenvalue weighted by molar-refractivity contribution is 0.0940. The molecule has 0 unspecified atom stereocenters. The highest BCUT2D eigenvalue weighted by molar-refractivity contribution is 9.10. The van der Waals surface area contributed by atoms with Gasteiger partial charge in [-0.05, 0) is 13.1 Å². The van der Waals surface area contributed by atoms with E-state index in [-0.39, 0.29) is 5.78 Å². The van der Waals surface area contributed by atoms with Crippen molar-refractivity contribution in [1.29, 1.82) is 0 Å². The summed E-state index contributed by atoms with van der Waals surface area (Å²) in [5, 5.41) is 0. The predicted molar refractivity (Wildman–Crippen MR) is 78.0 cm³/mol. The Bertz CT molecular complexity index is 580. The Labute approximate surface area is 121 Å². The molecule has 0 aliphatic rings. The van der Waals surface area contributed by atoms with Gasteiger partial charge in [0.05, 0.1) is 13.1 Å². The summed E-state index contributed by atoms with van der Waals surface area (Å²) in [5.74, 6) is 1.05. The van der Waals surface area contributed by atoms with E-state index in [0.717, 1.165) is 10.3 Å². The van der Waals surface area contributed by atoms with Crippen molar-refractivity contribution in [3.8, 4) is 0 Å². The first-order chi connectivity index (χ1) is 9.08. The van der Waals surface area contributed by atoms with E-state index >= 15 is 0 Å². The van der Waals surface area contributed by atoms with Gasteiger partial charge in [0.2, 0.25) is 0 Å². The van der Waals surface area contributed by atoms with Crippen LogP contribution in [0.1, 0.15) is 16.2 Å². The molecule has 100 valence electrons. The first-order valence-corrected chi connectivity index (χ1v) is 6.79. The van der Waals surface area contributed by atoms with Gasteiger partial charge in [-0.3, -0.25) is 9.69 Å². The van der Waals surface area contributed by atoms with Gasteiger partial charge in [0.1, 0.15) is 5.82 Å². The molecule has 0 aliphatic heterocycles. The number of ketones is 1. The van der Waals surface area contributed by atoms with E-state index in [2.05, 4.69) is 20.9 Å². The maximum atomic E-state index is 12.2. The van der Waals surface area contributed by atoms with E-state index < -0.39 is 0 Å². The minimum atomic E-state index is 0.101. The van der Waals surface area contributed by atoms with Crippen molar-refractivity contribution in [3.05, 3.63) is 52.5 Å². The third-order valence-corrected chi connectivity index (χ3v) is 3.61. The lowest BCUT2D eigenvalue weighted by Crippen LogP contribution is -2.27. The van der Waals surface area contributed by atoms with Crippen LogP contribution in [0.25, 0.3) is 0 Å². The summed E-state index contributed by atoms with van der Waals surface area (Å²) in [4.78, 5) is 18.4. The zero-order chi connectivity index (χ0) is 13.8. The van der Waals surface area contributed by atoms with Crippen LogP contribution in [0, 0.1) is 0 Å². The molecular formula is C14H16BrN3O. The molecule has 0 saturated heterocycles. The SMILES string of the molecule is CN(CC(=O)c1ccccc1Br)Cc1nccn1C. The molecule has 0 amide bonds. The normalized spacial score (nSPS) is 10.9. The molecule has 0 N–H and O–H groups in total. The third kappa shape index (κ3) is 3.52. The minimum Gasteiger partial charge on any atom is -0.337 e. The van der Waals surface area contributed by atoms with Crippen LogP contribution in [0.2, 0.25) is 0 Å². The molecule has 2 aromatic rings. The van der Waals surface area contributed by atoms with Crippen molar-refractivity contribution < 1.29 is 4.79 Å². The van der Waals surface area contributed by atoms with Crippen molar-refractivity contribution >= 4 is 21.7 Å². The van der Waals surface area contributed by atoms with Gasteiger partial charge in [-0.25, -0.2) is 4.98 Å². The number of hydrogen-bond acceptors (Lipinski definition) is 3. The van der Waals surface area contributed by atoms with Crippen LogP contribution in [-0.2, 0) is 13.6 Å². The Morgan fingerprint density at radius 3 is 2.79 bits per heavy atom. The van der Waals surface area contributed by atoms with Gasteiger partial charge in [0.25, 0.3) is 0 Å². The van der Waals surface area contributed by atoms with Crippen molar-refractivity contribution in [3.63, 3.8) is 0 Å². The van der Waals surface area contributed by atoms with Crippen LogP contribution >= 0.6 is 15.9 Å². The lowest BCUT2D eigenvalue weighted by Gasteiger charge is -2.15. The smallest absolute Gasteiger partial charge is 0.177 e. The fourth-order valence-corrected chi connectivity index (χ4v) is 2.37. The van der Waals surface area contributed by atoms with E-state index in [4.69, 9.17) is 0 Å². The highest BCUT2D eigenvalue weighted by Gasteiger charge is 2.13. The number of carbonyl (C=O) groups excluding carboxylic acids is 1. The number of aryl methyl sites for hydroxylation is 1. The van der Waals surface area contributed by atoms with Gasteiger partial charge in [-0.2, -0.15) is 0 Å². The molecule has 0 bridgehead atoms. The first-order valence-electron chi connectivity index (χ1n) is 6.00. The lowest BCUT2D eigenvalue weighted by atomic mass is 10.1. The third-order valence-electron chi connectivity index (χ3n) is 2.92. The molecule has 0 fully saturated rings. The van der Waals surface area contributed by atoms with Crippen molar-refractivity contribution in [2.45, 2.75) is 6.54 Å². The molecule has 2 rings (SSSR count). The van der Waals surface area contributed by atoms with Crippen molar-refractivity contribution in [2.24, 2.45) is 7.05 Å². The molecule has 4 nitrogen and oxygen atoms in total. The number of benzene rings is 1. The Morgan fingerprint density at radius 1 is 1.42 bits per heavy atom. The van der Waals surface area contributed by atoms with Gasteiger partial charge in [0.15, 0.2) is 5.78 Å². The molecule has 5 heteroatoms. The molecule has 1 aromatic heterocycles. The summed E-state index contributed by atoms with van der Waals surface area (Å²) >= 11 is 3.40. The number of halogens is 1. The van der Waals surface area contributed by atoms with Gasteiger partial charge in [-0.15, -0.1) is 0 Å². The molecule has 19 heavy (non-hydrogen) atoms. The predicted octanol–water partition coefficient (Wildman–Crippen LogP) is 2.50. The van der Waals surface area contributed by atoms with Crippen LogP contribution < -0.4 is 0 Å². The largest absolute Gasteiger partial charge is 0.337 e. The van der Waals surface area contributed by atoms with Gasteiger partial charge in [0, 0.05) is 29.5 Å². The second-order valence-electron chi connectivity index (χ2n) is 4.53. The standard InChI is InChI=1S/C14H16BrN3O/c1-17(10-14-16-7-8-18(14)2)9-13(19)11-5-3-4-6-12(11)15/h3-8H,9-10H2,1-2H3. The number of aromatic nitrogens is 2. The molecule has 0 spiro atoms. The van der Waals surface area contributed by atoms with E-state index in [1.165, 1.54) is 0 Å². The fourth-order valence-electron chi connectivity index (χ4n) is 1.86. The zero-order valence-corrected chi connectivity index (χ0v) is 12.6. The van der Waals surface area contributed by atoms with Crippen LogP contribution in [0.15, 0.2) is 41.1 Å². The summed E-state index contributed by atoms with van der Waals surface area (Å²) in [5.41, 5.74) is 0.717. The molecule has 0 saturated carbocycles. The van der Waals surface area contributed by atoms with Crippen molar-refractivity contribution in [1.82, 2.24) is 14.5 Å². The topological polar surface area (TPSA) is 38.1 Å². The number of imidazole rings is 1. The van der Waals surface area contributed by atoms with Crippen LogP contribution in [0.5, 0.6) is 0 Å². The van der Waals surface area contributed by atoms with Crippen LogP contribution in [0.3, 0.4) is 0 Å². The van der Waals surface area contributed by atoms with Crippen LogP contribution in [-0.4, -0.2) is 33.8 Å². The van der Waals surface area contributed by atoms with Gasteiger partial charge >= 0.3 is 0 Å². The molecular weight excluding hydrogens is 306 g/mol. The molecule has 0 atom stereocenters. The maximum absolute atomic E-state index is 12.2. The van der Waals surface area contributed by atoms with E-state index in [1.807, 2.05) is 54.0 Å². The Hall–Kier alpha value is -1.46. The van der Waals surface area contributed by atoms with E-state index in [0.29, 0.717) is 18.7 Å². The number of carbonyl (C=O) groups is 1. The summed E-state index contributed by atoms with van der Waals surface area (Å²) in [6.45, 7) is 1.02. The zero-order valence-electron chi connectivity index (χ0n) is 11.0. The number of hydrogen-bond donors (Lipinski definition) is 0. The maximum Gasteiger partial charge on any atom is 0.177 e. The second-order valence-corrected chi connectivity index (χ2v) is 5.38. The highest BCUT2D eigenvalue weighted by Crippen LogP contribution is 2.16. The number of likely N-dealkylation sites (N-methyl/N-ethyl adjacent to an activating group) is 1. The number of rotatable bonds is 5. The Kier molecular flexibility index (Phi) is 4.50. The van der Waals surface area contributed by atoms with Crippen LogP contribution in [0.4, 0.5) is 0 Å². The monoisotopic (exact) mass is 321 g/mol. The van der Waals surface area contributed by atoms with E-state index in [9.17, 15) is 4.79 Å². The molecule has 0 aliphatic carbocycles. The Balaban J connectivity index is 2.00. The summed E-state index contributed by atoms with van der Waals surface area (Å²) in [6, 6.07) is 7.49. The quantitative estimate of drug-likeness (QED) is 0.794. The highest BCUT2D eigenvalue weighted by atomic mass is 79.9. The van der Waals surface area contributed by atoms with Crippen molar-refractivity contribution in [2.75, 3.05) is 13.6 Å². The van der Waals surface area contributed by atoms with E-state index in [1.54, 1.807) is 6.20 Å². The summed E-state index contributed by atoms with van der Waals surface area (Å²) < 4.78 is 2.80. The summed E-state index contributed by atoms with van der Waals surface area (Å²) in [7, 11) is 3.87. The minimum absolute atomic E-state index is 0.101. The fraction of sp³-hybridized carbons (Fsp3) is 0.286. The average molecular weight is 322 g/mol.